The summed E-state index contributed by atoms with van der Waals surface area (Å²) in [5.74, 6) is 0. The van der Waals surface area contributed by atoms with E-state index in [1.807, 2.05) is 0 Å². The molecule has 19 heavy (non-hydrogen) atoms. The predicted octanol–water partition coefficient (Wildman–Crippen LogP) is 0.520. The highest BCUT2D eigenvalue weighted by molar-refractivity contribution is 9.11. The number of aromatic amines is 1. The molecule has 1 aromatic rings. The molecule has 0 saturated carbocycles. The van der Waals surface area contributed by atoms with Gasteiger partial charge in [-0.3, -0.25) is 14.3 Å². The van der Waals surface area contributed by atoms with E-state index in [1.54, 1.807) is 0 Å². The number of hydrogen-bond donors (Lipinski definition) is 2. The highest BCUT2D eigenvalue weighted by Gasteiger charge is 2.35. The Bertz CT molecular complexity index is 597. The van der Waals surface area contributed by atoms with Gasteiger partial charge in [-0.1, -0.05) is 15.9 Å². The number of halogens is 2. The summed E-state index contributed by atoms with van der Waals surface area (Å²) >= 11 is 3.04. The van der Waals surface area contributed by atoms with Gasteiger partial charge in [0.15, 0.2) is 0 Å². The normalized spacial score (nSPS) is 27.2. The Hall–Kier alpha value is -1.25. The Morgan fingerprint density at radius 1 is 1.63 bits per heavy atom. The third-order valence-corrected chi connectivity index (χ3v) is 3.17. The van der Waals surface area contributed by atoms with Crippen LogP contribution in [-0.2, 0) is 4.74 Å². The largest absolute Gasteiger partial charge is 0.390 e. The fourth-order valence-electron chi connectivity index (χ4n) is 1.93. The van der Waals surface area contributed by atoms with Gasteiger partial charge in [0.1, 0.15) is 19.0 Å². The molecule has 8 heteroatoms. The maximum atomic E-state index is 12.6. The number of aliphatic hydroxyl groups is 1. The minimum Gasteiger partial charge on any atom is -0.390 e. The quantitative estimate of drug-likeness (QED) is 0.844. The average molecular weight is 335 g/mol. The molecule has 0 unspecified atom stereocenters. The van der Waals surface area contributed by atoms with E-state index in [0.29, 0.717) is 0 Å². The van der Waals surface area contributed by atoms with Crippen LogP contribution in [0.15, 0.2) is 20.8 Å². The zero-order valence-electron chi connectivity index (χ0n) is 9.75. The van der Waals surface area contributed by atoms with Crippen molar-refractivity contribution in [3.63, 3.8) is 0 Å². The van der Waals surface area contributed by atoms with Crippen LogP contribution in [0.25, 0.3) is 6.08 Å². The lowest BCUT2D eigenvalue weighted by Gasteiger charge is -2.14. The Kier molecular flexibility index (Phi) is 4.33. The number of aromatic nitrogens is 2. The zero-order chi connectivity index (χ0) is 14.0. The molecule has 0 radical (unpaired) electrons. The van der Waals surface area contributed by atoms with Crippen molar-refractivity contribution in [3.8, 4) is 0 Å². The molecule has 1 aliphatic rings. The van der Waals surface area contributed by atoms with Crippen LogP contribution in [0.2, 0.25) is 0 Å². The first-order chi connectivity index (χ1) is 9.06. The molecule has 0 aliphatic carbocycles. The van der Waals surface area contributed by atoms with Gasteiger partial charge in [0.05, 0.1) is 11.7 Å². The topological polar surface area (TPSA) is 84.3 Å². The maximum absolute atomic E-state index is 12.6. The molecular formula is C11H12BrFN2O4. The maximum Gasteiger partial charge on any atom is 0.330 e. The summed E-state index contributed by atoms with van der Waals surface area (Å²) in [5.41, 5.74) is -0.941. The van der Waals surface area contributed by atoms with Crippen molar-refractivity contribution in [1.29, 1.82) is 0 Å². The van der Waals surface area contributed by atoms with Crippen molar-refractivity contribution in [2.45, 2.75) is 24.9 Å². The van der Waals surface area contributed by atoms with Gasteiger partial charge in [0, 0.05) is 12.6 Å². The van der Waals surface area contributed by atoms with Gasteiger partial charge in [-0.05, 0) is 11.1 Å². The van der Waals surface area contributed by atoms with Crippen molar-refractivity contribution < 1.29 is 14.2 Å². The lowest BCUT2D eigenvalue weighted by atomic mass is 10.2. The second-order valence-corrected chi connectivity index (χ2v) is 4.66. The molecule has 104 valence electrons. The molecule has 1 aromatic heterocycles. The summed E-state index contributed by atoms with van der Waals surface area (Å²) in [4.78, 5) is 26.8. The number of H-pyrrole nitrogens is 1. The fraction of sp³-hybridized carbons (Fsp3) is 0.455. The number of nitrogens with zero attached hydrogens (tertiary/aromatic N) is 1. The standard InChI is InChI=1S/C11H12BrFN2O4/c12-2-1-6-5-15(11(18)14-10(6)17)9-3-7(16)8(4-13)19-9/h1-2,5,7-9,16H,3-4H2,(H,14,17,18)/b2-1+/t7-,8+,9+/m0/s1. The molecule has 0 spiro atoms. The molecule has 3 atom stereocenters. The molecule has 0 amide bonds. The van der Waals surface area contributed by atoms with Crippen LogP contribution in [-0.4, -0.2) is 33.5 Å². The summed E-state index contributed by atoms with van der Waals surface area (Å²) in [5, 5.41) is 9.57. The molecule has 6 nitrogen and oxygen atoms in total. The Morgan fingerprint density at radius 3 is 2.95 bits per heavy atom. The van der Waals surface area contributed by atoms with E-state index in [0.717, 1.165) is 4.57 Å². The van der Waals surface area contributed by atoms with Crippen LogP contribution < -0.4 is 11.2 Å². The minimum atomic E-state index is -0.969. The lowest BCUT2D eigenvalue weighted by Crippen LogP contribution is -2.33. The second-order valence-electron chi connectivity index (χ2n) is 4.13. The van der Waals surface area contributed by atoms with E-state index < -0.39 is 36.4 Å². The Balaban J connectivity index is 2.38. The highest BCUT2D eigenvalue weighted by atomic mass is 79.9. The smallest absolute Gasteiger partial charge is 0.330 e. The average Bonchev–Trinajstić information content (AvgIpc) is 2.74. The number of ether oxygens (including phenoxy) is 1. The van der Waals surface area contributed by atoms with Gasteiger partial charge in [0.25, 0.3) is 5.56 Å². The molecule has 1 fully saturated rings. The number of aliphatic hydroxyl groups excluding tert-OH is 1. The summed E-state index contributed by atoms with van der Waals surface area (Å²) < 4.78 is 18.9. The molecule has 0 aromatic carbocycles. The predicted molar refractivity (Wildman–Crippen MR) is 69.8 cm³/mol. The van der Waals surface area contributed by atoms with E-state index in [1.165, 1.54) is 17.3 Å². The third-order valence-electron chi connectivity index (χ3n) is 2.90. The molecule has 2 rings (SSSR count). The second kappa shape index (κ2) is 5.81. The Morgan fingerprint density at radius 2 is 2.37 bits per heavy atom. The van der Waals surface area contributed by atoms with Crippen LogP contribution in [0, 0.1) is 0 Å². The molecule has 2 heterocycles. The summed E-state index contributed by atoms with van der Waals surface area (Å²) in [6.45, 7) is -0.829. The number of nitrogens with one attached hydrogen (secondary N) is 1. The first-order valence-corrected chi connectivity index (χ1v) is 6.50. The molecular weight excluding hydrogens is 323 g/mol. The van der Waals surface area contributed by atoms with E-state index in [-0.39, 0.29) is 12.0 Å². The van der Waals surface area contributed by atoms with E-state index in [2.05, 4.69) is 20.9 Å². The first kappa shape index (κ1) is 14.2. The summed E-state index contributed by atoms with van der Waals surface area (Å²) in [6, 6.07) is 0. The van der Waals surface area contributed by atoms with Crippen LogP contribution in [0.3, 0.4) is 0 Å². The monoisotopic (exact) mass is 334 g/mol. The summed E-state index contributed by atoms with van der Waals surface area (Å²) in [6.07, 6.45) is 0.174. The Labute approximate surface area is 115 Å². The van der Waals surface area contributed by atoms with Crippen molar-refractivity contribution >= 4 is 22.0 Å². The van der Waals surface area contributed by atoms with Gasteiger partial charge >= 0.3 is 5.69 Å². The SMILES string of the molecule is O=c1[nH]c(=O)n([C@H]2C[C@H](O)[C@@H](CF)O2)cc1/C=C/Br. The van der Waals surface area contributed by atoms with E-state index in [4.69, 9.17) is 4.74 Å². The van der Waals surface area contributed by atoms with Crippen molar-refractivity contribution in [2.75, 3.05) is 6.67 Å². The molecule has 1 aliphatic heterocycles. The van der Waals surface area contributed by atoms with E-state index >= 15 is 0 Å². The lowest BCUT2D eigenvalue weighted by molar-refractivity contribution is -0.0311. The van der Waals surface area contributed by atoms with Gasteiger partial charge in [0.2, 0.25) is 0 Å². The molecule has 1 saturated heterocycles. The van der Waals surface area contributed by atoms with Crippen molar-refractivity contribution in [1.82, 2.24) is 9.55 Å². The van der Waals surface area contributed by atoms with Gasteiger partial charge in [-0.2, -0.15) is 0 Å². The minimum absolute atomic E-state index is 0.0952. The molecule has 0 bridgehead atoms. The zero-order valence-corrected chi connectivity index (χ0v) is 11.3. The van der Waals surface area contributed by atoms with Crippen LogP contribution in [0.4, 0.5) is 4.39 Å². The third kappa shape index (κ3) is 2.85. The van der Waals surface area contributed by atoms with E-state index in [9.17, 15) is 19.1 Å². The number of hydrogen-bond acceptors (Lipinski definition) is 4. The van der Waals surface area contributed by atoms with Crippen LogP contribution in [0.5, 0.6) is 0 Å². The van der Waals surface area contributed by atoms with Crippen LogP contribution in [0.1, 0.15) is 18.2 Å². The highest BCUT2D eigenvalue weighted by Crippen LogP contribution is 2.27. The van der Waals surface area contributed by atoms with Crippen molar-refractivity contribution in [3.05, 3.63) is 37.6 Å². The fourth-order valence-corrected chi connectivity index (χ4v) is 2.21. The van der Waals surface area contributed by atoms with Gasteiger partial charge in [-0.15, -0.1) is 0 Å². The first-order valence-electron chi connectivity index (χ1n) is 5.58. The van der Waals surface area contributed by atoms with Crippen LogP contribution >= 0.6 is 15.9 Å². The van der Waals surface area contributed by atoms with Gasteiger partial charge in [-0.25, -0.2) is 9.18 Å². The van der Waals surface area contributed by atoms with Gasteiger partial charge < -0.3 is 9.84 Å². The molecule has 2 N–H and O–H groups in total. The summed E-state index contributed by atoms with van der Waals surface area (Å²) in [7, 11) is 0. The number of alkyl halides is 1. The number of rotatable bonds is 3. The van der Waals surface area contributed by atoms with Crippen molar-refractivity contribution in [2.24, 2.45) is 0 Å².